The Morgan fingerprint density at radius 2 is 1.20 bits per heavy atom. The summed E-state index contributed by atoms with van der Waals surface area (Å²) >= 11 is 0. The number of hydrogen-bond donors (Lipinski definition) is 2. The fourth-order valence-electron chi connectivity index (χ4n) is 5.49. The van der Waals surface area contributed by atoms with Gasteiger partial charge in [0.25, 0.3) is 0 Å². The molecule has 0 rings (SSSR count). The molecule has 0 bridgehead atoms. The molecular formula is C44H81NO9P+. The lowest BCUT2D eigenvalue weighted by Gasteiger charge is -2.24. The summed E-state index contributed by atoms with van der Waals surface area (Å²) in [5.41, 5.74) is 0. The van der Waals surface area contributed by atoms with Crippen molar-refractivity contribution in [2.24, 2.45) is 0 Å². The normalized spacial score (nSPS) is 14.7. The number of esters is 2. The number of allylic oxidation sites excluding steroid dienone is 7. The second-order valence-electron chi connectivity index (χ2n) is 15.6. The average molecular weight is 799 g/mol. The number of ether oxygens (including phenoxy) is 2. The predicted molar refractivity (Wildman–Crippen MR) is 226 cm³/mol. The Bertz CT molecular complexity index is 1100. The SMILES string of the molecule is CCCCCC/C=C\CCCCCCCC(=O)O[C@H](COC(=O)CCCC(O)/C=C/C=C/C/C=C/CCCCCCCC)COP(=O)(O)OCC[N+](C)(C)C. The van der Waals surface area contributed by atoms with Gasteiger partial charge in [-0.05, 0) is 64.2 Å². The van der Waals surface area contributed by atoms with E-state index < -0.39 is 38.6 Å². The van der Waals surface area contributed by atoms with Crippen LogP contribution < -0.4 is 0 Å². The predicted octanol–water partition coefficient (Wildman–Crippen LogP) is 10.9. The number of phosphoric ester groups is 1. The molecule has 2 N–H and O–H groups in total. The molecule has 2 unspecified atom stereocenters. The molecule has 0 amide bonds. The average Bonchev–Trinajstić information content (AvgIpc) is 3.12. The maximum Gasteiger partial charge on any atom is 0.472 e. The van der Waals surface area contributed by atoms with E-state index in [1.54, 1.807) is 6.08 Å². The first-order valence-electron chi connectivity index (χ1n) is 21.5. The van der Waals surface area contributed by atoms with Gasteiger partial charge >= 0.3 is 19.8 Å². The van der Waals surface area contributed by atoms with Crippen LogP contribution >= 0.6 is 7.82 Å². The quantitative estimate of drug-likeness (QED) is 0.0157. The molecule has 3 atom stereocenters. The van der Waals surface area contributed by atoms with Crippen molar-refractivity contribution in [1.29, 1.82) is 0 Å². The molecule has 0 saturated heterocycles. The van der Waals surface area contributed by atoms with Crippen LogP contribution in [0.1, 0.15) is 162 Å². The molecule has 0 aromatic heterocycles. The summed E-state index contributed by atoms with van der Waals surface area (Å²) in [6.45, 7) is 4.16. The lowest BCUT2D eigenvalue weighted by Crippen LogP contribution is -2.37. The first kappa shape index (κ1) is 52.9. The van der Waals surface area contributed by atoms with E-state index in [4.69, 9.17) is 18.5 Å². The molecular weight excluding hydrogens is 717 g/mol. The number of hydrogen-bond acceptors (Lipinski definition) is 8. The van der Waals surface area contributed by atoms with Gasteiger partial charge in [-0.3, -0.25) is 18.6 Å². The van der Waals surface area contributed by atoms with Gasteiger partial charge in [-0.15, -0.1) is 0 Å². The van der Waals surface area contributed by atoms with E-state index in [0.717, 1.165) is 51.4 Å². The highest BCUT2D eigenvalue weighted by Crippen LogP contribution is 2.43. The Balaban J connectivity index is 4.58. The Morgan fingerprint density at radius 3 is 1.82 bits per heavy atom. The van der Waals surface area contributed by atoms with Crippen LogP contribution in [0.2, 0.25) is 0 Å². The molecule has 10 nitrogen and oxygen atoms in total. The molecule has 0 fully saturated rings. The van der Waals surface area contributed by atoms with Crippen LogP contribution in [-0.4, -0.2) is 86.1 Å². The van der Waals surface area contributed by atoms with Crippen molar-refractivity contribution >= 4 is 19.8 Å². The zero-order valence-corrected chi connectivity index (χ0v) is 36.4. The summed E-state index contributed by atoms with van der Waals surface area (Å²) in [5.74, 6) is -1.01. The zero-order valence-electron chi connectivity index (χ0n) is 35.5. The molecule has 0 aliphatic carbocycles. The number of phosphoric acid groups is 1. The number of carbonyl (C=O) groups is 2. The molecule has 0 spiro atoms. The number of likely N-dealkylation sites (N-methyl/N-ethyl adjacent to an activating group) is 1. The third-order valence-corrected chi connectivity index (χ3v) is 9.92. The van der Waals surface area contributed by atoms with E-state index in [1.807, 2.05) is 39.4 Å². The van der Waals surface area contributed by atoms with Gasteiger partial charge in [-0.1, -0.05) is 133 Å². The minimum Gasteiger partial charge on any atom is -0.462 e. The second kappa shape index (κ2) is 36.3. The van der Waals surface area contributed by atoms with Crippen LogP contribution in [0.25, 0.3) is 0 Å². The van der Waals surface area contributed by atoms with Crippen molar-refractivity contribution in [3.8, 4) is 0 Å². The Hall–Kier alpha value is -2.07. The van der Waals surface area contributed by atoms with Gasteiger partial charge in [-0.25, -0.2) is 4.57 Å². The zero-order chi connectivity index (χ0) is 40.9. The van der Waals surface area contributed by atoms with Gasteiger partial charge in [0.15, 0.2) is 6.10 Å². The van der Waals surface area contributed by atoms with E-state index in [1.165, 1.54) is 64.2 Å². The van der Waals surface area contributed by atoms with E-state index in [-0.39, 0.29) is 26.1 Å². The summed E-state index contributed by atoms with van der Waals surface area (Å²) in [6.07, 6.45) is 37.6. The van der Waals surface area contributed by atoms with Gasteiger partial charge in [0, 0.05) is 12.8 Å². The van der Waals surface area contributed by atoms with E-state index in [9.17, 15) is 24.2 Å². The molecule has 0 aliphatic rings. The summed E-state index contributed by atoms with van der Waals surface area (Å²) in [5, 5.41) is 10.3. The summed E-state index contributed by atoms with van der Waals surface area (Å²) < 4.78 is 34.1. The van der Waals surface area contributed by atoms with Crippen LogP contribution in [0.15, 0.2) is 48.6 Å². The van der Waals surface area contributed by atoms with E-state index >= 15 is 0 Å². The number of aliphatic hydroxyl groups excluding tert-OH is 1. The second-order valence-corrected chi connectivity index (χ2v) is 17.0. The van der Waals surface area contributed by atoms with Gasteiger partial charge in [0.1, 0.15) is 19.8 Å². The number of rotatable bonds is 38. The smallest absolute Gasteiger partial charge is 0.462 e. The van der Waals surface area contributed by atoms with Gasteiger partial charge in [-0.2, -0.15) is 0 Å². The molecule has 0 aliphatic heterocycles. The largest absolute Gasteiger partial charge is 0.472 e. The van der Waals surface area contributed by atoms with Crippen molar-refractivity contribution in [1.82, 2.24) is 0 Å². The molecule has 11 heteroatoms. The standard InChI is InChI=1S/C44H80NO9P/c1-6-8-10-12-14-16-18-20-22-24-26-28-30-33-41(46)34-32-36-43(47)51-39-42(40-53-55(49,50)52-38-37-45(3,4)5)54-44(48)35-31-29-27-25-23-21-19-17-15-13-11-9-7-2/h17,19-20,22,26,28,30,33,41-42,46H,6-16,18,21,23-25,27,29,31-32,34-40H2,1-5H3/p+1/b19-17-,22-20+,28-26+,33-30+/t41?,42-/m1/s1. The number of nitrogens with zero attached hydrogens (tertiary/aromatic N) is 1. The highest BCUT2D eigenvalue weighted by molar-refractivity contribution is 7.47. The molecule has 0 aromatic rings. The minimum atomic E-state index is -4.42. The van der Waals surface area contributed by atoms with Crippen molar-refractivity contribution in [2.75, 3.05) is 47.5 Å². The maximum atomic E-state index is 12.7. The van der Waals surface area contributed by atoms with Crippen LogP contribution in [0.3, 0.4) is 0 Å². The van der Waals surface area contributed by atoms with Crippen molar-refractivity contribution < 1.29 is 47.2 Å². The van der Waals surface area contributed by atoms with Gasteiger partial charge in [0.05, 0.1) is 33.9 Å². The summed E-state index contributed by atoms with van der Waals surface area (Å²) in [7, 11) is 1.37. The molecule has 320 valence electrons. The van der Waals surface area contributed by atoms with Crippen molar-refractivity contribution in [2.45, 2.75) is 174 Å². The monoisotopic (exact) mass is 799 g/mol. The van der Waals surface area contributed by atoms with Crippen molar-refractivity contribution in [3.05, 3.63) is 48.6 Å². The van der Waals surface area contributed by atoms with E-state index in [2.05, 4.69) is 38.2 Å². The molecule has 0 saturated carbocycles. The third-order valence-electron chi connectivity index (χ3n) is 8.94. The Kier molecular flexibility index (Phi) is 34.9. The Morgan fingerprint density at radius 1 is 0.655 bits per heavy atom. The number of quaternary nitrogens is 1. The highest BCUT2D eigenvalue weighted by atomic mass is 31.2. The number of unbranched alkanes of at least 4 members (excludes halogenated alkanes) is 15. The fraction of sp³-hybridized carbons (Fsp3) is 0.773. The first-order chi connectivity index (χ1) is 26.4. The highest BCUT2D eigenvalue weighted by Gasteiger charge is 2.27. The molecule has 0 aromatic carbocycles. The maximum absolute atomic E-state index is 12.7. The van der Waals surface area contributed by atoms with Gasteiger partial charge in [0.2, 0.25) is 0 Å². The molecule has 0 heterocycles. The third kappa shape index (κ3) is 39.9. The van der Waals surface area contributed by atoms with Crippen molar-refractivity contribution in [3.63, 3.8) is 0 Å². The van der Waals surface area contributed by atoms with E-state index in [0.29, 0.717) is 30.3 Å². The van der Waals surface area contributed by atoms with Gasteiger partial charge < -0.3 is 24.0 Å². The lowest BCUT2D eigenvalue weighted by molar-refractivity contribution is -0.870. The van der Waals surface area contributed by atoms with Crippen LogP contribution in [-0.2, 0) is 32.7 Å². The topological polar surface area (TPSA) is 129 Å². The fourth-order valence-corrected chi connectivity index (χ4v) is 6.23. The lowest BCUT2D eigenvalue weighted by atomic mass is 10.1. The van der Waals surface area contributed by atoms with Crippen LogP contribution in [0, 0.1) is 0 Å². The Labute approximate surface area is 336 Å². The number of aliphatic hydroxyl groups is 1. The first-order valence-corrected chi connectivity index (χ1v) is 23.0. The minimum absolute atomic E-state index is 0.0000801. The summed E-state index contributed by atoms with van der Waals surface area (Å²) in [6, 6.07) is 0. The number of carbonyl (C=O) groups excluding carboxylic acids is 2. The van der Waals surface area contributed by atoms with Crippen LogP contribution in [0.5, 0.6) is 0 Å². The van der Waals surface area contributed by atoms with Crippen LogP contribution in [0.4, 0.5) is 0 Å². The summed E-state index contributed by atoms with van der Waals surface area (Å²) in [4.78, 5) is 35.3. The molecule has 0 radical (unpaired) electrons. The molecule has 55 heavy (non-hydrogen) atoms.